The van der Waals surface area contributed by atoms with Gasteiger partial charge in [-0.15, -0.1) is 0 Å². The van der Waals surface area contributed by atoms with E-state index in [-0.39, 0.29) is 6.04 Å². The van der Waals surface area contributed by atoms with Crippen LogP contribution in [0.4, 0.5) is 0 Å². The van der Waals surface area contributed by atoms with Crippen molar-refractivity contribution in [2.24, 2.45) is 23.7 Å². The zero-order valence-corrected chi connectivity index (χ0v) is 8.74. The standard InChI is InChI=1S/C12H18N2/c1-2-9(6-13)14-12-10-7-3-4-8(5-7)11(10)12/h7-12,14H,2-5H2,1H3. The van der Waals surface area contributed by atoms with E-state index in [1.165, 1.54) is 19.3 Å². The minimum atomic E-state index is 0.102. The Labute approximate surface area is 85.7 Å². The molecule has 3 saturated carbocycles. The first kappa shape index (κ1) is 8.73. The van der Waals surface area contributed by atoms with E-state index in [0.29, 0.717) is 6.04 Å². The molecule has 0 amide bonds. The molecule has 14 heavy (non-hydrogen) atoms. The van der Waals surface area contributed by atoms with E-state index in [1.54, 1.807) is 0 Å². The topological polar surface area (TPSA) is 35.8 Å². The van der Waals surface area contributed by atoms with Crippen LogP contribution in [0, 0.1) is 35.0 Å². The lowest BCUT2D eigenvalue weighted by atomic mass is 10.0. The molecular formula is C12H18N2. The molecule has 5 atom stereocenters. The molecule has 0 spiro atoms. The summed E-state index contributed by atoms with van der Waals surface area (Å²) in [4.78, 5) is 0. The maximum atomic E-state index is 8.90. The fraction of sp³-hybridized carbons (Fsp3) is 0.917. The van der Waals surface area contributed by atoms with Crippen molar-refractivity contribution in [3.8, 4) is 6.07 Å². The van der Waals surface area contributed by atoms with Crippen molar-refractivity contribution in [3.63, 3.8) is 0 Å². The molecule has 0 saturated heterocycles. The second kappa shape index (κ2) is 2.97. The summed E-state index contributed by atoms with van der Waals surface area (Å²) in [5.41, 5.74) is 0. The Bertz CT molecular complexity index is 265. The van der Waals surface area contributed by atoms with Crippen LogP contribution in [0.15, 0.2) is 0 Å². The van der Waals surface area contributed by atoms with Crippen molar-refractivity contribution < 1.29 is 0 Å². The van der Waals surface area contributed by atoms with Crippen molar-refractivity contribution in [1.29, 1.82) is 5.26 Å². The van der Waals surface area contributed by atoms with Crippen LogP contribution in [0.5, 0.6) is 0 Å². The lowest BCUT2D eigenvalue weighted by molar-refractivity contribution is 0.441. The van der Waals surface area contributed by atoms with Gasteiger partial charge in [0.15, 0.2) is 0 Å². The van der Waals surface area contributed by atoms with E-state index in [2.05, 4.69) is 18.3 Å². The van der Waals surface area contributed by atoms with Crippen molar-refractivity contribution in [2.45, 2.75) is 44.7 Å². The van der Waals surface area contributed by atoms with E-state index in [0.717, 1.165) is 30.1 Å². The van der Waals surface area contributed by atoms with E-state index in [1.807, 2.05) is 0 Å². The van der Waals surface area contributed by atoms with Crippen LogP contribution in [0.2, 0.25) is 0 Å². The molecule has 5 unspecified atom stereocenters. The Balaban J connectivity index is 1.61. The van der Waals surface area contributed by atoms with E-state index in [4.69, 9.17) is 5.26 Å². The maximum absolute atomic E-state index is 8.90. The number of hydrogen-bond donors (Lipinski definition) is 1. The highest BCUT2D eigenvalue weighted by atomic mass is 15.0. The predicted molar refractivity (Wildman–Crippen MR) is 54.4 cm³/mol. The molecule has 3 aliphatic rings. The first-order chi connectivity index (χ1) is 6.85. The van der Waals surface area contributed by atoms with Crippen molar-refractivity contribution in [2.75, 3.05) is 0 Å². The lowest BCUT2D eigenvalue weighted by Crippen LogP contribution is -2.32. The van der Waals surface area contributed by atoms with Crippen LogP contribution in [0.1, 0.15) is 32.6 Å². The molecule has 0 aromatic carbocycles. The Morgan fingerprint density at radius 3 is 2.50 bits per heavy atom. The Morgan fingerprint density at radius 1 is 1.36 bits per heavy atom. The van der Waals surface area contributed by atoms with Crippen LogP contribution in [0.25, 0.3) is 0 Å². The van der Waals surface area contributed by atoms with Crippen LogP contribution < -0.4 is 5.32 Å². The Morgan fingerprint density at radius 2 is 2.00 bits per heavy atom. The van der Waals surface area contributed by atoms with Crippen LogP contribution in [-0.2, 0) is 0 Å². The third-order valence-electron chi connectivity index (χ3n) is 4.69. The average molecular weight is 190 g/mol. The lowest BCUT2D eigenvalue weighted by Gasteiger charge is -2.13. The van der Waals surface area contributed by atoms with Crippen LogP contribution >= 0.6 is 0 Å². The molecule has 2 nitrogen and oxygen atoms in total. The fourth-order valence-electron chi connectivity index (χ4n) is 4.03. The number of nitrogens with zero attached hydrogens (tertiary/aromatic N) is 1. The number of rotatable bonds is 3. The molecule has 3 rings (SSSR count). The first-order valence-electron chi connectivity index (χ1n) is 6.00. The molecule has 2 heteroatoms. The van der Waals surface area contributed by atoms with Gasteiger partial charge in [-0.2, -0.15) is 5.26 Å². The highest BCUT2D eigenvalue weighted by molar-refractivity contribution is 5.18. The molecule has 76 valence electrons. The second-order valence-corrected chi connectivity index (χ2v) is 5.27. The monoisotopic (exact) mass is 190 g/mol. The zero-order chi connectivity index (χ0) is 9.71. The van der Waals surface area contributed by atoms with Gasteiger partial charge in [0.1, 0.15) is 0 Å². The minimum Gasteiger partial charge on any atom is -0.299 e. The van der Waals surface area contributed by atoms with Gasteiger partial charge in [0.25, 0.3) is 0 Å². The van der Waals surface area contributed by atoms with Gasteiger partial charge in [0.2, 0.25) is 0 Å². The highest BCUT2D eigenvalue weighted by Gasteiger charge is 2.64. The third kappa shape index (κ3) is 1.05. The van der Waals surface area contributed by atoms with Gasteiger partial charge in [-0.25, -0.2) is 0 Å². The molecule has 2 bridgehead atoms. The van der Waals surface area contributed by atoms with Gasteiger partial charge in [-0.3, -0.25) is 5.32 Å². The summed E-state index contributed by atoms with van der Waals surface area (Å²) < 4.78 is 0. The summed E-state index contributed by atoms with van der Waals surface area (Å²) in [7, 11) is 0. The predicted octanol–water partition coefficient (Wildman–Crippen LogP) is 1.92. The third-order valence-corrected chi connectivity index (χ3v) is 4.69. The summed E-state index contributed by atoms with van der Waals surface area (Å²) in [5, 5.41) is 12.4. The zero-order valence-electron chi connectivity index (χ0n) is 8.74. The van der Waals surface area contributed by atoms with Gasteiger partial charge >= 0.3 is 0 Å². The normalized spacial score (nSPS) is 49.9. The van der Waals surface area contributed by atoms with Gasteiger partial charge in [0.05, 0.1) is 12.1 Å². The molecule has 0 heterocycles. The highest BCUT2D eigenvalue weighted by Crippen LogP contribution is 2.65. The van der Waals surface area contributed by atoms with Gasteiger partial charge in [-0.05, 0) is 49.4 Å². The SMILES string of the molecule is CCC(C#N)NC1C2C3CCC(C3)C12. The number of nitrogens with one attached hydrogen (secondary N) is 1. The molecule has 3 fully saturated rings. The van der Waals surface area contributed by atoms with E-state index >= 15 is 0 Å². The number of hydrogen-bond acceptors (Lipinski definition) is 2. The molecule has 3 aliphatic carbocycles. The molecular weight excluding hydrogens is 172 g/mol. The average Bonchev–Trinajstić information content (AvgIpc) is 2.62. The molecule has 1 N–H and O–H groups in total. The summed E-state index contributed by atoms with van der Waals surface area (Å²) in [5.74, 6) is 3.93. The quantitative estimate of drug-likeness (QED) is 0.738. The van der Waals surface area contributed by atoms with E-state index < -0.39 is 0 Å². The second-order valence-electron chi connectivity index (χ2n) is 5.27. The van der Waals surface area contributed by atoms with Crippen molar-refractivity contribution >= 4 is 0 Å². The Hall–Kier alpha value is -0.550. The smallest absolute Gasteiger partial charge is 0.0952 e. The minimum absolute atomic E-state index is 0.102. The number of fused-ring (bicyclic) bond motifs is 5. The Kier molecular flexibility index (Phi) is 1.85. The number of nitriles is 1. The first-order valence-corrected chi connectivity index (χ1v) is 6.00. The molecule has 0 aromatic rings. The van der Waals surface area contributed by atoms with Crippen molar-refractivity contribution in [1.82, 2.24) is 5.32 Å². The fourth-order valence-corrected chi connectivity index (χ4v) is 4.03. The van der Waals surface area contributed by atoms with Crippen LogP contribution in [-0.4, -0.2) is 12.1 Å². The van der Waals surface area contributed by atoms with Crippen molar-refractivity contribution in [3.05, 3.63) is 0 Å². The summed E-state index contributed by atoms with van der Waals surface area (Å²) in [6.07, 6.45) is 5.37. The van der Waals surface area contributed by atoms with Gasteiger partial charge in [0, 0.05) is 6.04 Å². The largest absolute Gasteiger partial charge is 0.299 e. The summed E-state index contributed by atoms with van der Waals surface area (Å²) >= 11 is 0. The van der Waals surface area contributed by atoms with Crippen LogP contribution in [0.3, 0.4) is 0 Å². The van der Waals surface area contributed by atoms with Gasteiger partial charge in [-0.1, -0.05) is 6.92 Å². The summed E-state index contributed by atoms with van der Waals surface area (Å²) in [6, 6.07) is 3.17. The van der Waals surface area contributed by atoms with Gasteiger partial charge < -0.3 is 0 Å². The molecule has 0 aromatic heterocycles. The van der Waals surface area contributed by atoms with E-state index in [9.17, 15) is 0 Å². The summed E-state index contributed by atoms with van der Waals surface area (Å²) in [6.45, 7) is 2.09. The molecule has 0 radical (unpaired) electrons. The maximum Gasteiger partial charge on any atom is 0.0952 e. The molecule has 0 aliphatic heterocycles.